The van der Waals surface area contributed by atoms with Gasteiger partial charge >= 0.3 is 11.9 Å². The van der Waals surface area contributed by atoms with Crippen molar-refractivity contribution in [1.29, 1.82) is 0 Å². The highest BCUT2D eigenvalue weighted by Crippen LogP contribution is 1.79. The Morgan fingerprint density at radius 3 is 1.53 bits per heavy atom. The van der Waals surface area contributed by atoms with Gasteiger partial charge in [0.15, 0.2) is 0 Å². The van der Waals surface area contributed by atoms with Gasteiger partial charge in [0.1, 0.15) is 13.2 Å². The van der Waals surface area contributed by atoms with Crippen molar-refractivity contribution >= 4 is 11.9 Å². The normalized spacial score (nSPS) is 10.7. The molecule has 0 radical (unpaired) electrons. The summed E-state index contributed by atoms with van der Waals surface area (Å²) in [6, 6.07) is 0. The van der Waals surface area contributed by atoms with E-state index in [0.29, 0.717) is 0 Å². The van der Waals surface area contributed by atoms with E-state index in [0.717, 1.165) is 0 Å². The maximum Gasteiger partial charge on any atom is 0.302 e. The van der Waals surface area contributed by atoms with Gasteiger partial charge in [-0.3, -0.25) is 9.59 Å². The minimum absolute atomic E-state index is 0.134. The SMILES string of the molecule is CC(=O)OCCOC(C)=O.CC(O)CO. The Morgan fingerprint density at radius 2 is 1.40 bits per heavy atom. The zero-order chi connectivity index (χ0) is 12.3. The first kappa shape index (κ1) is 16.3. The summed E-state index contributed by atoms with van der Waals surface area (Å²) in [6.07, 6.45) is -0.560. The summed E-state index contributed by atoms with van der Waals surface area (Å²) in [5, 5.41) is 16.0. The zero-order valence-electron chi connectivity index (χ0n) is 9.23. The van der Waals surface area contributed by atoms with Crippen LogP contribution in [0.1, 0.15) is 20.8 Å². The second kappa shape index (κ2) is 10.9. The van der Waals surface area contributed by atoms with E-state index < -0.39 is 6.10 Å². The van der Waals surface area contributed by atoms with Gasteiger partial charge in [-0.1, -0.05) is 0 Å². The number of carbonyl (C=O) groups excluding carboxylic acids is 2. The van der Waals surface area contributed by atoms with Crippen molar-refractivity contribution in [3.8, 4) is 0 Å². The Morgan fingerprint density at radius 1 is 1.13 bits per heavy atom. The highest BCUT2D eigenvalue weighted by atomic mass is 16.6. The van der Waals surface area contributed by atoms with Crippen molar-refractivity contribution in [3.05, 3.63) is 0 Å². The number of ether oxygens (including phenoxy) is 2. The summed E-state index contributed by atoms with van der Waals surface area (Å²) >= 11 is 0. The smallest absolute Gasteiger partial charge is 0.302 e. The molecule has 0 spiro atoms. The standard InChI is InChI=1S/C6H10O4.C3H8O2/c1-5(7)9-3-4-10-6(2)8;1-3(5)2-4/h3-4H2,1-2H3;3-5H,2H2,1H3. The molecule has 0 aromatic rings. The molecule has 0 bridgehead atoms. The van der Waals surface area contributed by atoms with Crippen molar-refractivity contribution < 1.29 is 29.3 Å². The molecule has 0 saturated heterocycles. The lowest BCUT2D eigenvalue weighted by Crippen LogP contribution is -2.09. The number of hydrogen-bond donors (Lipinski definition) is 2. The summed E-state index contributed by atoms with van der Waals surface area (Å²) < 4.78 is 8.95. The van der Waals surface area contributed by atoms with Gasteiger partial charge in [-0.2, -0.15) is 0 Å². The van der Waals surface area contributed by atoms with Crippen molar-refractivity contribution in [2.75, 3.05) is 19.8 Å². The third-order valence-electron chi connectivity index (χ3n) is 0.958. The molecule has 90 valence electrons. The first-order chi connectivity index (χ1) is 6.90. The second-order valence-corrected chi connectivity index (χ2v) is 2.71. The number of aliphatic hydroxyl groups excluding tert-OH is 2. The van der Waals surface area contributed by atoms with Crippen LogP contribution in [0, 0.1) is 0 Å². The number of esters is 2. The molecule has 15 heavy (non-hydrogen) atoms. The van der Waals surface area contributed by atoms with Crippen molar-refractivity contribution in [3.63, 3.8) is 0 Å². The fourth-order valence-corrected chi connectivity index (χ4v) is 0.371. The topological polar surface area (TPSA) is 93.1 Å². The predicted octanol–water partition coefficient (Wildman–Crippen LogP) is -0.528. The summed E-state index contributed by atoms with van der Waals surface area (Å²) in [5.41, 5.74) is 0. The molecule has 0 aromatic heterocycles. The van der Waals surface area contributed by atoms with Crippen LogP contribution >= 0.6 is 0 Å². The van der Waals surface area contributed by atoms with Crippen LogP contribution in [0.4, 0.5) is 0 Å². The summed E-state index contributed by atoms with van der Waals surface area (Å²) in [6.45, 7) is 4.26. The Labute approximate surface area is 88.8 Å². The van der Waals surface area contributed by atoms with Gasteiger partial charge in [0.25, 0.3) is 0 Å². The minimum atomic E-state index is -0.560. The first-order valence-corrected chi connectivity index (χ1v) is 4.45. The molecule has 1 unspecified atom stereocenters. The van der Waals surface area contributed by atoms with Crippen LogP contribution in [0.2, 0.25) is 0 Å². The van der Waals surface area contributed by atoms with Crippen molar-refractivity contribution in [2.24, 2.45) is 0 Å². The predicted molar refractivity (Wildman–Crippen MR) is 52.0 cm³/mol. The fraction of sp³-hybridized carbons (Fsp3) is 0.778. The van der Waals surface area contributed by atoms with E-state index in [-0.39, 0.29) is 31.8 Å². The van der Waals surface area contributed by atoms with Crippen LogP contribution in [0.5, 0.6) is 0 Å². The summed E-state index contributed by atoms with van der Waals surface area (Å²) in [7, 11) is 0. The summed E-state index contributed by atoms with van der Waals surface area (Å²) in [5.74, 6) is -0.737. The zero-order valence-corrected chi connectivity index (χ0v) is 9.23. The van der Waals surface area contributed by atoms with E-state index in [4.69, 9.17) is 10.2 Å². The molecule has 0 aliphatic rings. The van der Waals surface area contributed by atoms with Crippen molar-refractivity contribution in [1.82, 2.24) is 0 Å². The molecule has 0 fully saturated rings. The third kappa shape index (κ3) is 24.6. The van der Waals surface area contributed by atoms with E-state index >= 15 is 0 Å². The van der Waals surface area contributed by atoms with Crippen LogP contribution in [-0.4, -0.2) is 48.1 Å². The highest BCUT2D eigenvalue weighted by molar-refractivity contribution is 5.66. The molecule has 6 heteroatoms. The van der Waals surface area contributed by atoms with Gasteiger partial charge in [0, 0.05) is 13.8 Å². The largest absolute Gasteiger partial charge is 0.462 e. The van der Waals surface area contributed by atoms with E-state index in [1.54, 1.807) is 0 Å². The third-order valence-corrected chi connectivity index (χ3v) is 0.958. The van der Waals surface area contributed by atoms with Gasteiger partial charge in [0.2, 0.25) is 0 Å². The molecule has 0 aliphatic heterocycles. The molecule has 0 amide bonds. The lowest BCUT2D eigenvalue weighted by Gasteiger charge is -2.00. The Bertz CT molecular complexity index is 161. The average molecular weight is 222 g/mol. The van der Waals surface area contributed by atoms with Crippen LogP contribution in [0.25, 0.3) is 0 Å². The average Bonchev–Trinajstić information content (AvgIpc) is 2.13. The Hall–Kier alpha value is -1.14. The first-order valence-electron chi connectivity index (χ1n) is 4.45. The number of carbonyl (C=O) groups is 2. The minimum Gasteiger partial charge on any atom is -0.462 e. The van der Waals surface area contributed by atoms with Crippen LogP contribution in [-0.2, 0) is 19.1 Å². The molecule has 0 rings (SSSR count). The molecule has 6 nitrogen and oxygen atoms in total. The highest BCUT2D eigenvalue weighted by Gasteiger charge is 1.94. The molecular weight excluding hydrogens is 204 g/mol. The van der Waals surface area contributed by atoms with Gasteiger partial charge in [-0.15, -0.1) is 0 Å². The molecule has 0 aliphatic carbocycles. The maximum atomic E-state index is 10.1. The van der Waals surface area contributed by atoms with Gasteiger partial charge in [-0.25, -0.2) is 0 Å². The van der Waals surface area contributed by atoms with E-state index in [1.807, 2.05) is 0 Å². The van der Waals surface area contributed by atoms with Gasteiger partial charge in [-0.05, 0) is 6.92 Å². The van der Waals surface area contributed by atoms with Crippen LogP contribution < -0.4 is 0 Å². The van der Waals surface area contributed by atoms with E-state index in [2.05, 4.69) is 9.47 Å². The Balaban J connectivity index is 0. The molecule has 1 atom stereocenters. The monoisotopic (exact) mass is 222 g/mol. The lowest BCUT2D eigenvalue weighted by molar-refractivity contribution is -0.149. The fourth-order valence-electron chi connectivity index (χ4n) is 0.371. The molecule has 2 N–H and O–H groups in total. The second-order valence-electron chi connectivity index (χ2n) is 2.71. The quantitative estimate of drug-likeness (QED) is 0.490. The van der Waals surface area contributed by atoms with E-state index in [1.165, 1.54) is 20.8 Å². The molecule has 0 saturated carbocycles. The van der Waals surface area contributed by atoms with Gasteiger partial charge < -0.3 is 19.7 Å². The maximum absolute atomic E-state index is 10.1. The molecule has 0 aromatic carbocycles. The molecule has 0 heterocycles. The molecular formula is C9H18O6. The number of rotatable bonds is 4. The van der Waals surface area contributed by atoms with Crippen molar-refractivity contribution in [2.45, 2.75) is 26.9 Å². The van der Waals surface area contributed by atoms with E-state index in [9.17, 15) is 9.59 Å². The van der Waals surface area contributed by atoms with Crippen LogP contribution in [0.15, 0.2) is 0 Å². The lowest BCUT2D eigenvalue weighted by atomic mass is 10.5. The number of hydrogen-bond acceptors (Lipinski definition) is 6. The van der Waals surface area contributed by atoms with Crippen LogP contribution in [0.3, 0.4) is 0 Å². The number of aliphatic hydroxyl groups is 2. The van der Waals surface area contributed by atoms with Gasteiger partial charge in [0.05, 0.1) is 12.7 Å². The summed E-state index contributed by atoms with van der Waals surface area (Å²) in [4.78, 5) is 20.3. The Kier molecular flexibility index (Phi) is 11.9.